The molecular formula is H2N18O4S. The van der Waals surface area contributed by atoms with Crippen LogP contribution in [-0.4, -0.2) is 9.81 Å². The number of rotatable bonds is 10. The van der Waals surface area contributed by atoms with Crippen LogP contribution in [0, 0.1) is 4.91 Å². The van der Waals surface area contributed by atoms with Gasteiger partial charge in [0.25, 0.3) is 0 Å². The fraction of sp³-hybridized carbons (Fsp3) is 0. The Labute approximate surface area is 124 Å². The minimum Gasteiger partial charge on any atom is -0.297 e. The van der Waals surface area contributed by atoms with Crippen LogP contribution in [0.1, 0.15) is 0 Å². The predicted octanol–water partition coefficient (Wildman–Crippen LogP) is 3.28. The smallest absolute Gasteiger partial charge is 0.230 e. The van der Waals surface area contributed by atoms with Crippen molar-refractivity contribution in [3.8, 4) is 0 Å². The first-order valence-corrected chi connectivity index (χ1v) is 5.36. The first-order valence-electron chi connectivity index (χ1n) is 4.30. The highest BCUT2D eigenvalue weighted by Crippen LogP contribution is 1.90. The molecule has 0 aromatic heterocycles. The minimum atomic E-state index is -2.14. The van der Waals surface area contributed by atoms with Gasteiger partial charge in [-0.15, -0.1) is 9.24 Å². The lowest BCUT2D eigenvalue weighted by molar-refractivity contribution is -0.127. The Kier molecular flexibility index (Phi) is 13.9. The molecule has 0 heterocycles. The lowest BCUT2D eigenvalue weighted by Gasteiger charge is -1.83. The molecule has 0 saturated carbocycles. The normalized spacial score (nSPS) is 15.4. The topological polar surface area (TPSA) is 289 Å². The molecule has 0 bridgehead atoms. The number of hydrogen-bond donors (Lipinski definition) is 2. The molecule has 1 unspecified atom stereocenters. The third-order valence-corrected chi connectivity index (χ3v) is 1.16. The molecule has 0 spiro atoms. The van der Waals surface area contributed by atoms with Gasteiger partial charge in [-0.2, -0.15) is 0 Å². The van der Waals surface area contributed by atoms with Crippen LogP contribution in [-0.2, 0) is 15.6 Å². The van der Waals surface area contributed by atoms with Crippen LogP contribution in [0.5, 0.6) is 0 Å². The Morgan fingerprint density at radius 1 is 0.565 bits per heavy atom. The second-order valence-electron chi connectivity index (χ2n) is 1.90. The molecule has 122 valence electrons. The van der Waals surface area contributed by atoms with Gasteiger partial charge in [-0.05, 0) is 46.3 Å². The number of nitrogens with zero attached hydrogens (tertiary/aromatic N) is 18. The van der Waals surface area contributed by atoms with Crippen molar-refractivity contribution in [1.82, 2.24) is 0 Å². The fourth-order valence-corrected chi connectivity index (χ4v) is 0.454. The largest absolute Gasteiger partial charge is 0.297 e. The van der Waals surface area contributed by atoms with E-state index in [1.807, 2.05) is 5.29 Å². The quantitative estimate of drug-likeness (QED) is 0.259. The van der Waals surface area contributed by atoms with Gasteiger partial charge in [-0.1, -0.05) is 0 Å². The first-order chi connectivity index (χ1) is 11.3. The summed E-state index contributed by atoms with van der Waals surface area (Å²) < 4.78 is 14.7. The molecule has 1 atom stereocenters. The van der Waals surface area contributed by atoms with Crippen molar-refractivity contribution in [1.29, 1.82) is 0 Å². The summed E-state index contributed by atoms with van der Waals surface area (Å²) in [5, 5.41) is 55.8. The number of nitroso groups, excluding NO2 is 1. The highest BCUT2D eigenvalue weighted by Gasteiger charge is 1.83. The average molecular weight is 350 g/mol. The molecule has 0 aromatic carbocycles. The average Bonchev–Trinajstić information content (AvgIpc) is 2.57. The summed E-state index contributed by atoms with van der Waals surface area (Å²) in [5.41, 5.74) is 0. The van der Waals surface area contributed by atoms with Gasteiger partial charge in [0.15, 0.2) is 0 Å². The van der Waals surface area contributed by atoms with Crippen LogP contribution in [0.3, 0.4) is 0 Å². The van der Waals surface area contributed by atoms with Gasteiger partial charge in [-0.25, -0.2) is 5.26 Å². The summed E-state index contributed by atoms with van der Waals surface area (Å²) in [7, 11) is 0. The Morgan fingerprint density at radius 2 is 0.870 bits per heavy atom. The summed E-state index contributed by atoms with van der Waals surface area (Å²) in [6.07, 6.45) is 0. The Hall–Kier alpha value is -3.57. The highest BCUT2D eigenvalue weighted by atomic mass is 32.2. The third-order valence-electron chi connectivity index (χ3n) is 0.810. The fourth-order valence-electron chi connectivity index (χ4n) is 0.329. The zero-order chi connectivity index (χ0) is 17.0. The third kappa shape index (κ3) is 16.4. The highest BCUT2D eigenvalue weighted by molar-refractivity contribution is 7.76. The Balaban J connectivity index is 3.94. The van der Waals surface area contributed by atoms with E-state index < -0.39 is 11.3 Å². The van der Waals surface area contributed by atoms with Gasteiger partial charge in [0.2, 0.25) is 11.3 Å². The van der Waals surface area contributed by atoms with E-state index in [1.54, 1.807) is 0 Å². The van der Waals surface area contributed by atoms with Gasteiger partial charge in [-0.3, -0.25) is 4.55 Å². The van der Waals surface area contributed by atoms with E-state index in [0.717, 1.165) is 0 Å². The van der Waals surface area contributed by atoms with Gasteiger partial charge in [0.05, 0.1) is 0 Å². The van der Waals surface area contributed by atoms with Gasteiger partial charge in [0, 0.05) is 41.8 Å². The standard InChI is InChI=1S/H2N18O4S/c19-17-15-13-11-9-7-5-3-1-2-4-6-8-10-12-14-16-18-23(21)22-20/h20H,(H,2,3,6,7,10,11,14,15,18,19,21). The molecule has 0 radical (unpaired) electrons. The van der Waals surface area contributed by atoms with E-state index >= 15 is 0 Å². The maximum absolute atomic E-state index is 9.40. The van der Waals surface area contributed by atoms with Crippen LogP contribution in [0.25, 0.3) is 0 Å². The van der Waals surface area contributed by atoms with E-state index in [2.05, 4.69) is 92.4 Å². The molecule has 0 saturated heterocycles. The van der Waals surface area contributed by atoms with E-state index in [0.29, 0.717) is 0 Å². The molecule has 0 fully saturated rings. The SMILES string of the molecule is O=N/N=N/N=N/N=N/N=N/N=N/N=N/N=N/N=N/N=S(\O)OO. The van der Waals surface area contributed by atoms with Crippen LogP contribution in [0.2, 0.25) is 0 Å². The number of hydrogen-bond acceptors (Lipinski definition) is 3. The second-order valence-corrected chi connectivity index (χ2v) is 2.67. The molecular weight excluding hydrogens is 348 g/mol. The summed E-state index contributed by atoms with van der Waals surface area (Å²) >= 11 is -2.14. The Morgan fingerprint density at radius 3 is 1.17 bits per heavy atom. The molecule has 0 aliphatic carbocycles. The molecule has 0 rings (SSSR count). The molecule has 22 nitrogen and oxygen atoms in total. The summed E-state index contributed by atoms with van der Waals surface area (Å²) in [4.78, 5) is 9.40. The lowest BCUT2D eigenvalue weighted by atomic mass is 12.3. The van der Waals surface area contributed by atoms with Crippen molar-refractivity contribution in [3.05, 3.63) is 4.91 Å². The summed E-state index contributed by atoms with van der Waals surface area (Å²) in [6, 6.07) is 0. The zero-order valence-electron chi connectivity index (χ0n) is 10.2. The van der Waals surface area contributed by atoms with Gasteiger partial charge >= 0.3 is 0 Å². The molecule has 0 aliphatic heterocycles. The zero-order valence-corrected chi connectivity index (χ0v) is 11.0. The first kappa shape index (κ1) is 19.4. The van der Waals surface area contributed by atoms with E-state index in [9.17, 15) is 4.91 Å². The van der Waals surface area contributed by atoms with Crippen molar-refractivity contribution >= 4 is 11.3 Å². The van der Waals surface area contributed by atoms with Gasteiger partial charge < -0.3 is 0 Å². The molecule has 0 aromatic rings. The van der Waals surface area contributed by atoms with Gasteiger partial charge in [0.1, 0.15) is 5.29 Å². The van der Waals surface area contributed by atoms with E-state index in [4.69, 9.17) is 9.81 Å². The lowest BCUT2D eigenvalue weighted by Crippen LogP contribution is -1.85. The summed E-state index contributed by atoms with van der Waals surface area (Å²) in [5.74, 6) is 0. The van der Waals surface area contributed by atoms with Crippen LogP contribution in [0.15, 0.2) is 93.3 Å². The van der Waals surface area contributed by atoms with Crippen LogP contribution < -0.4 is 0 Å². The van der Waals surface area contributed by atoms with Crippen LogP contribution in [0.4, 0.5) is 0 Å². The van der Waals surface area contributed by atoms with Crippen molar-refractivity contribution in [2.75, 3.05) is 0 Å². The monoisotopic (exact) mass is 350 g/mol. The molecule has 23 heteroatoms. The van der Waals surface area contributed by atoms with Crippen molar-refractivity contribution in [3.63, 3.8) is 0 Å². The predicted molar refractivity (Wildman–Crippen MR) is 60.8 cm³/mol. The van der Waals surface area contributed by atoms with Crippen molar-refractivity contribution in [2.24, 2.45) is 93.3 Å². The molecule has 0 amide bonds. The van der Waals surface area contributed by atoms with Crippen molar-refractivity contribution in [2.45, 2.75) is 0 Å². The second kappa shape index (κ2) is 16.5. The maximum Gasteiger partial charge on any atom is 0.230 e. The van der Waals surface area contributed by atoms with E-state index in [1.165, 1.54) is 0 Å². The molecule has 2 N–H and O–H groups in total. The van der Waals surface area contributed by atoms with Crippen molar-refractivity contribution < 1.29 is 14.1 Å². The molecule has 23 heavy (non-hydrogen) atoms. The maximum atomic E-state index is 9.40. The minimum absolute atomic E-state index is 1.99. The van der Waals surface area contributed by atoms with Crippen LogP contribution >= 0.6 is 0 Å². The summed E-state index contributed by atoms with van der Waals surface area (Å²) in [6.45, 7) is 0. The molecule has 0 aliphatic rings. The van der Waals surface area contributed by atoms with E-state index in [-0.39, 0.29) is 0 Å². The Bertz CT molecular complexity index is 574.